The summed E-state index contributed by atoms with van der Waals surface area (Å²) in [7, 11) is 0. The van der Waals surface area contributed by atoms with E-state index in [9.17, 15) is 4.39 Å². The Hall–Kier alpha value is -3.99. The second kappa shape index (κ2) is 7.44. The maximum atomic E-state index is 13.5. The van der Waals surface area contributed by atoms with Crippen molar-refractivity contribution in [3.05, 3.63) is 109 Å². The summed E-state index contributed by atoms with van der Waals surface area (Å²) in [6.07, 6.45) is 2.00. The number of aromatic nitrogens is 4. The van der Waals surface area contributed by atoms with Gasteiger partial charge in [0.05, 0.1) is 22.8 Å². The van der Waals surface area contributed by atoms with Crippen LogP contribution < -0.4 is 0 Å². The van der Waals surface area contributed by atoms with Crippen molar-refractivity contribution in [3.63, 3.8) is 0 Å². The van der Waals surface area contributed by atoms with Crippen LogP contribution in [0, 0.1) is 12.7 Å². The second-order valence-electron chi connectivity index (χ2n) is 7.10. The fraction of sp³-hybridized carbons (Fsp3) is 0.0400. The highest BCUT2D eigenvalue weighted by Gasteiger charge is 2.19. The number of nitrogens with zero attached hydrogens (tertiary/aromatic N) is 4. The average Bonchev–Trinajstić information content (AvgIpc) is 3.39. The van der Waals surface area contributed by atoms with Gasteiger partial charge in [0, 0.05) is 17.3 Å². The Morgan fingerprint density at radius 3 is 2.03 bits per heavy atom. The Morgan fingerprint density at radius 1 is 0.733 bits per heavy atom. The third-order valence-electron chi connectivity index (χ3n) is 4.96. The van der Waals surface area contributed by atoms with Crippen LogP contribution in [0.5, 0.6) is 0 Å². The van der Waals surface area contributed by atoms with Crippen molar-refractivity contribution in [1.82, 2.24) is 19.6 Å². The molecule has 5 aromatic rings. The molecular weight excluding hydrogens is 375 g/mol. The monoisotopic (exact) mass is 394 g/mol. The van der Waals surface area contributed by atoms with Gasteiger partial charge < -0.3 is 0 Å². The largest absolute Gasteiger partial charge is 0.240 e. The summed E-state index contributed by atoms with van der Waals surface area (Å²) in [4.78, 5) is 0. The van der Waals surface area contributed by atoms with Crippen molar-refractivity contribution in [2.24, 2.45) is 0 Å². The highest BCUT2D eigenvalue weighted by Crippen LogP contribution is 2.34. The first kappa shape index (κ1) is 18.1. The minimum Gasteiger partial charge on any atom is -0.240 e. The van der Waals surface area contributed by atoms with Crippen LogP contribution in [0.15, 0.2) is 97.2 Å². The molecule has 146 valence electrons. The van der Waals surface area contributed by atoms with Crippen LogP contribution >= 0.6 is 0 Å². The first-order chi connectivity index (χ1) is 14.7. The first-order valence-corrected chi connectivity index (χ1v) is 9.72. The third-order valence-corrected chi connectivity index (χ3v) is 4.96. The van der Waals surface area contributed by atoms with E-state index in [2.05, 4.69) is 0 Å². The summed E-state index contributed by atoms with van der Waals surface area (Å²) in [5.41, 5.74) is 6.31. The van der Waals surface area contributed by atoms with Crippen molar-refractivity contribution in [2.75, 3.05) is 0 Å². The molecule has 0 amide bonds. The molecule has 0 saturated carbocycles. The van der Waals surface area contributed by atoms with E-state index in [0.717, 1.165) is 39.6 Å². The van der Waals surface area contributed by atoms with Crippen molar-refractivity contribution in [1.29, 1.82) is 0 Å². The lowest BCUT2D eigenvalue weighted by molar-refractivity contribution is 0.628. The molecule has 0 fully saturated rings. The number of para-hydroxylation sites is 2. The van der Waals surface area contributed by atoms with Crippen molar-refractivity contribution < 1.29 is 4.39 Å². The number of hydrogen-bond acceptors (Lipinski definition) is 2. The van der Waals surface area contributed by atoms with Crippen LogP contribution in [0.3, 0.4) is 0 Å². The van der Waals surface area contributed by atoms with Gasteiger partial charge in [-0.15, -0.1) is 0 Å². The van der Waals surface area contributed by atoms with Crippen LogP contribution in [0.1, 0.15) is 5.69 Å². The number of aryl methyl sites for hydroxylation is 1. The van der Waals surface area contributed by atoms with Crippen LogP contribution in [0.25, 0.3) is 33.9 Å². The van der Waals surface area contributed by atoms with Crippen LogP contribution in [-0.4, -0.2) is 19.6 Å². The van der Waals surface area contributed by atoms with Crippen molar-refractivity contribution >= 4 is 0 Å². The first-order valence-electron chi connectivity index (χ1n) is 9.72. The maximum absolute atomic E-state index is 13.5. The third kappa shape index (κ3) is 3.31. The topological polar surface area (TPSA) is 35.6 Å². The Balaban J connectivity index is 1.74. The van der Waals surface area contributed by atoms with Gasteiger partial charge in [-0.3, -0.25) is 0 Å². The summed E-state index contributed by atoms with van der Waals surface area (Å²) < 4.78 is 17.3. The van der Waals surface area contributed by atoms with Crippen molar-refractivity contribution in [3.8, 4) is 33.9 Å². The van der Waals surface area contributed by atoms with Crippen molar-refractivity contribution in [2.45, 2.75) is 6.92 Å². The molecule has 2 aromatic heterocycles. The van der Waals surface area contributed by atoms with Gasteiger partial charge in [-0.1, -0.05) is 36.4 Å². The molecule has 0 bridgehead atoms. The minimum absolute atomic E-state index is 0.270. The molecule has 0 aliphatic carbocycles. The van der Waals surface area contributed by atoms with E-state index in [0.29, 0.717) is 0 Å². The summed E-state index contributed by atoms with van der Waals surface area (Å²) in [5.74, 6) is -0.270. The summed E-state index contributed by atoms with van der Waals surface area (Å²) in [6, 6.07) is 28.4. The Kier molecular flexibility index (Phi) is 4.48. The van der Waals surface area contributed by atoms with E-state index in [1.54, 1.807) is 12.1 Å². The van der Waals surface area contributed by atoms with Crippen LogP contribution in [0.4, 0.5) is 4.39 Å². The molecule has 0 N–H and O–H groups in total. The molecule has 0 spiro atoms. The highest BCUT2D eigenvalue weighted by molar-refractivity contribution is 5.80. The second-order valence-corrected chi connectivity index (χ2v) is 7.10. The molecular formula is C25H19FN4. The van der Waals surface area contributed by atoms with Gasteiger partial charge in [-0.2, -0.15) is 10.2 Å². The van der Waals surface area contributed by atoms with Crippen LogP contribution in [-0.2, 0) is 0 Å². The molecule has 0 radical (unpaired) electrons. The Morgan fingerprint density at radius 2 is 1.37 bits per heavy atom. The van der Waals surface area contributed by atoms with Gasteiger partial charge in [-0.05, 0) is 61.5 Å². The zero-order valence-corrected chi connectivity index (χ0v) is 16.4. The predicted octanol–water partition coefficient (Wildman–Crippen LogP) is 5.84. The van der Waals surface area contributed by atoms with Gasteiger partial charge >= 0.3 is 0 Å². The normalized spacial score (nSPS) is 11.0. The van der Waals surface area contributed by atoms with Gasteiger partial charge in [0.2, 0.25) is 0 Å². The fourth-order valence-corrected chi connectivity index (χ4v) is 3.55. The lowest BCUT2D eigenvalue weighted by atomic mass is 10.1. The summed E-state index contributed by atoms with van der Waals surface area (Å²) in [5, 5.41) is 9.56. The molecule has 0 unspecified atom stereocenters. The molecule has 0 atom stereocenters. The fourth-order valence-electron chi connectivity index (χ4n) is 3.55. The zero-order chi connectivity index (χ0) is 20.5. The quantitative estimate of drug-likeness (QED) is 0.384. The Labute approximate surface area is 173 Å². The van der Waals surface area contributed by atoms with Gasteiger partial charge in [0.25, 0.3) is 0 Å². The molecule has 5 heteroatoms. The van der Waals surface area contributed by atoms with E-state index in [4.69, 9.17) is 10.2 Å². The van der Waals surface area contributed by atoms with E-state index < -0.39 is 0 Å². The molecule has 0 saturated heterocycles. The number of rotatable bonds is 4. The molecule has 30 heavy (non-hydrogen) atoms. The van der Waals surface area contributed by atoms with E-state index in [-0.39, 0.29) is 5.82 Å². The minimum atomic E-state index is -0.270. The predicted molar refractivity (Wildman–Crippen MR) is 116 cm³/mol. The zero-order valence-electron chi connectivity index (χ0n) is 16.4. The molecule has 5 rings (SSSR count). The van der Waals surface area contributed by atoms with Gasteiger partial charge in [0.1, 0.15) is 11.5 Å². The number of benzene rings is 3. The number of hydrogen-bond donors (Lipinski definition) is 0. The molecule has 0 aliphatic heterocycles. The standard InChI is InChI=1S/C25H19FN4/c1-18-16-24(30(27-18)22-10-6-3-7-11-22)23-17-29(21-8-4-2-5-9-21)28-25(23)19-12-14-20(26)15-13-19/h2-17H,1H3. The lowest BCUT2D eigenvalue weighted by Crippen LogP contribution is -1.99. The Bertz CT molecular complexity index is 1290. The smallest absolute Gasteiger partial charge is 0.123 e. The van der Waals surface area contributed by atoms with Gasteiger partial charge in [-0.25, -0.2) is 13.8 Å². The summed E-state index contributed by atoms with van der Waals surface area (Å²) in [6.45, 7) is 1.97. The molecule has 4 nitrogen and oxygen atoms in total. The molecule has 3 aromatic carbocycles. The maximum Gasteiger partial charge on any atom is 0.123 e. The van der Waals surface area contributed by atoms with Gasteiger partial charge in [0.15, 0.2) is 0 Å². The highest BCUT2D eigenvalue weighted by atomic mass is 19.1. The van der Waals surface area contributed by atoms with E-state index in [1.807, 2.05) is 89.2 Å². The SMILES string of the molecule is Cc1cc(-c2cn(-c3ccccc3)nc2-c2ccc(F)cc2)n(-c2ccccc2)n1. The van der Waals surface area contributed by atoms with Crippen LogP contribution in [0.2, 0.25) is 0 Å². The summed E-state index contributed by atoms with van der Waals surface area (Å²) >= 11 is 0. The lowest BCUT2D eigenvalue weighted by Gasteiger charge is -2.07. The number of halogens is 1. The van der Waals surface area contributed by atoms with E-state index >= 15 is 0 Å². The van der Waals surface area contributed by atoms with E-state index in [1.165, 1.54) is 12.1 Å². The molecule has 0 aliphatic rings. The molecule has 2 heterocycles. The average molecular weight is 394 g/mol.